The highest BCUT2D eigenvalue weighted by Crippen LogP contribution is 2.46. The number of fused-ring (bicyclic) bond motifs is 3. The van der Waals surface area contributed by atoms with Gasteiger partial charge in [0.15, 0.2) is 0 Å². The van der Waals surface area contributed by atoms with E-state index in [0.717, 1.165) is 36.8 Å². The molecule has 0 radical (unpaired) electrons. The Morgan fingerprint density at radius 1 is 0.962 bits per heavy atom. The summed E-state index contributed by atoms with van der Waals surface area (Å²) in [5.41, 5.74) is 3.82. The van der Waals surface area contributed by atoms with Crippen molar-refractivity contribution in [1.29, 1.82) is 0 Å². The first-order valence-corrected chi connectivity index (χ1v) is 9.04. The number of ether oxygens (including phenoxy) is 3. The topological polar surface area (TPSA) is 30.9 Å². The number of hydrogen-bond donors (Lipinski definition) is 0. The Labute approximate surface area is 155 Å². The molecule has 136 valence electrons. The second kappa shape index (κ2) is 6.94. The number of benzene rings is 2. The molecule has 2 aliphatic rings. The molecule has 0 saturated carbocycles. The molecule has 4 rings (SSSR count). The van der Waals surface area contributed by atoms with Gasteiger partial charge in [-0.15, -0.1) is 0 Å². The molecule has 0 N–H and O–H groups in total. The molecule has 0 unspecified atom stereocenters. The highest BCUT2D eigenvalue weighted by atomic mass is 16.5. The lowest BCUT2D eigenvalue weighted by molar-refractivity contribution is 0.389. The van der Waals surface area contributed by atoms with Gasteiger partial charge in [0.05, 0.1) is 21.3 Å². The van der Waals surface area contributed by atoms with Crippen molar-refractivity contribution in [2.75, 3.05) is 32.8 Å². The van der Waals surface area contributed by atoms with E-state index in [1.54, 1.807) is 21.3 Å². The van der Waals surface area contributed by atoms with Crippen molar-refractivity contribution in [2.24, 2.45) is 5.92 Å². The van der Waals surface area contributed by atoms with E-state index in [2.05, 4.69) is 41.3 Å². The van der Waals surface area contributed by atoms with Crippen LogP contribution in [0.2, 0.25) is 0 Å². The van der Waals surface area contributed by atoms with E-state index in [-0.39, 0.29) is 0 Å². The maximum atomic E-state index is 5.60. The average Bonchev–Trinajstić information content (AvgIpc) is 3.16. The molecule has 4 nitrogen and oxygen atoms in total. The molecule has 1 aliphatic carbocycles. The van der Waals surface area contributed by atoms with Crippen LogP contribution in [-0.4, -0.2) is 27.9 Å². The minimum Gasteiger partial charge on any atom is -0.497 e. The lowest BCUT2D eigenvalue weighted by Gasteiger charge is -2.38. The third kappa shape index (κ3) is 2.90. The molecule has 0 aromatic heterocycles. The van der Waals surface area contributed by atoms with Crippen LogP contribution in [0.15, 0.2) is 48.6 Å². The zero-order chi connectivity index (χ0) is 18.1. The van der Waals surface area contributed by atoms with Crippen molar-refractivity contribution in [3.63, 3.8) is 0 Å². The minimum absolute atomic E-state index is 0.495. The van der Waals surface area contributed by atoms with Gasteiger partial charge in [0.2, 0.25) is 0 Å². The van der Waals surface area contributed by atoms with Gasteiger partial charge in [-0.1, -0.05) is 12.2 Å². The summed E-state index contributed by atoms with van der Waals surface area (Å²) in [7, 11) is 5.12. The summed E-state index contributed by atoms with van der Waals surface area (Å²) in [5.74, 6) is 3.72. The molecule has 2 aromatic rings. The van der Waals surface area contributed by atoms with Crippen LogP contribution in [0.5, 0.6) is 17.2 Å². The van der Waals surface area contributed by atoms with Gasteiger partial charge >= 0.3 is 0 Å². The standard InChI is InChI=1S/C22H25NO3/c1-24-17-9-10-21-20(11-17)19-6-4-5-15(19)13-23(21)14-16-7-8-18(25-2)12-22(16)26-3/h4,6-12,15,19H,5,13-14H2,1-3H3/t15-,19+/m0/s1. The molecule has 0 bridgehead atoms. The summed E-state index contributed by atoms with van der Waals surface area (Å²) in [5, 5.41) is 0. The lowest BCUT2D eigenvalue weighted by atomic mass is 9.83. The predicted molar refractivity (Wildman–Crippen MR) is 104 cm³/mol. The summed E-state index contributed by atoms with van der Waals surface area (Å²) >= 11 is 0. The van der Waals surface area contributed by atoms with Gasteiger partial charge in [-0.3, -0.25) is 0 Å². The Hall–Kier alpha value is -2.62. The normalized spacial score (nSPS) is 20.5. The Morgan fingerprint density at radius 3 is 2.50 bits per heavy atom. The molecule has 0 fully saturated rings. The van der Waals surface area contributed by atoms with E-state index in [1.807, 2.05) is 12.1 Å². The molecule has 1 aliphatic heterocycles. The number of methoxy groups -OCH3 is 3. The molecule has 0 amide bonds. The molecule has 2 atom stereocenters. The van der Waals surface area contributed by atoms with Gasteiger partial charge in [-0.05, 0) is 48.2 Å². The van der Waals surface area contributed by atoms with Crippen LogP contribution >= 0.6 is 0 Å². The van der Waals surface area contributed by atoms with E-state index in [9.17, 15) is 0 Å². The summed E-state index contributed by atoms with van der Waals surface area (Å²) in [4.78, 5) is 2.47. The van der Waals surface area contributed by atoms with E-state index in [4.69, 9.17) is 14.2 Å². The smallest absolute Gasteiger partial charge is 0.127 e. The molecule has 26 heavy (non-hydrogen) atoms. The van der Waals surface area contributed by atoms with Gasteiger partial charge in [0.25, 0.3) is 0 Å². The van der Waals surface area contributed by atoms with Crippen LogP contribution in [0.3, 0.4) is 0 Å². The monoisotopic (exact) mass is 351 g/mol. The minimum atomic E-state index is 0.495. The zero-order valence-corrected chi connectivity index (χ0v) is 15.6. The summed E-state index contributed by atoms with van der Waals surface area (Å²) in [6.45, 7) is 1.86. The van der Waals surface area contributed by atoms with Gasteiger partial charge in [0.1, 0.15) is 17.2 Å². The highest BCUT2D eigenvalue weighted by Gasteiger charge is 2.34. The van der Waals surface area contributed by atoms with Crippen molar-refractivity contribution >= 4 is 5.69 Å². The van der Waals surface area contributed by atoms with E-state index >= 15 is 0 Å². The van der Waals surface area contributed by atoms with Crippen molar-refractivity contribution in [2.45, 2.75) is 18.9 Å². The number of allylic oxidation sites excluding steroid dienone is 2. The average molecular weight is 351 g/mol. The first-order valence-electron chi connectivity index (χ1n) is 9.04. The highest BCUT2D eigenvalue weighted by molar-refractivity contribution is 5.62. The molecule has 0 saturated heterocycles. The largest absolute Gasteiger partial charge is 0.497 e. The van der Waals surface area contributed by atoms with Gasteiger partial charge in [0, 0.05) is 36.3 Å². The Bertz CT molecular complexity index is 830. The molecular formula is C22H25NO3. The summed E-state index contributed by atoms with van der Waals surface area (Å²) in [6.07, 6.45) is 5.81. The Morgan fingerprint density at radius 2 is 1.73 bits per heavy atom. The van der Waals surface area contributed by atoms with Crippen molar-refractivity contribution in [3.8, 4) is 17.2 Å². The first kappa shape index (κ1) is 16.8. The number of anilines is 1. The van der Waals surface area contributed by atoms with Crippen LogP contribution in [0, 0.1) is 5.92 Å². The fraction of sp³-hybridized carbons (Fsp3) is 0.364. The number of nitrogens with zero attached hydrogens (tertiary/aromatic N) is 1. The maximum Gasteiger partial charge on any atom is 0.127 e. The number of hydrogen-bond acceptors (Lipinski definition) is 4. The lowest BCUT2D eigenvalue weighted by Crippen LogP contribution is -2.35. The predicted octanol–water partition coefficient (Wildman–Crippen LogP) is 4.39. The van der Waals surface area contributed by atoms with E-state index in [1.165, 1.54) is 16.8 Å². The first-order chi connectivity index (χ1) is 12.7. The van der Waals surface area contributed by atoms with E-state index < -0.39 is 0 Å². The van der Waals surface area contributed by atoms with Crippen LogP contribution < -0.4 is 19.1 Å². The van der Waals surface area contributed by atoms with Crippen LogP contribution in [0.1, 0.15) is 23.5 Å². The SMILES string of the molecule is COc1ccc(CN2C[C@@H]3CC=C[C@H]3c3cc(OC)ccc32)c(OC)c1. The fourth-order valence-electron chi connectivity index (χ4n) is 4.18. The molecule has 0 spiro atoms. The zero-order valence-electron chi connectivity index (χ0n) is 15.6. The van der Waals surface area contributed by atoms with Crippen molar-refractivity contribution in [3.05, 3.63) is 59.7 Å². The number of rotatable bonds is 5. The van der Waals surface area contributed by atoms with Crippen LogP contribution in [0.25, 0.3) is 0 Å². The second-order valence-electron chi connectivity index (χ2n) is 6.93. The van der Waals surface area contributed by atoms with Crippen LogP contribution in [-0.2, 0) is 6.54 Å². The second-order valence-corrected chi connectivity index (χ2v) is 6.93. The van der Waals surface area contributed by atoms with Crippen molar-refractivity contribution < 1.29 is 14.2 Å². The Balaban J connectivity index is 1.69. The molecular weight excluding hydrogens is 326 g/mol. The fourth-order valence-corrected chi connectivity index (χ4v) is 4.18. The molecule has 4 heteroatoms. The summed E-state index contributed by atoms with van der Waals surface area (Å²) in [6, 6.07) is 12.5. The van der Waals surface area contributed by atoms with E-state index in [0.29, 0.717) is 11.8 Å². The summed E-state index contributed by atoms with van der Waals surface area (Å²) < 4.78 is 16.4. The Kier molecular flexibility index (Phi) is 4.49. The third-order valence-electron chi connectivity index (χ3n) is 5.53. The molecule has 1 heterocycles. The van der Waals surface area contributed by atoms with Gasteiger partial charge < -0.3 is 19.1 Å². The quantitative estimate of drug-likeness (QED) is 0.748. The van der Waals surface area contributed by atoms with Crippen LogP contribution in [0.4, 0.5) is 5.69 Å². The van der Waals surface area contributed by atoms with Gasteiger partial charge in [-0.2, -0.15) is 0 Å². The van der Waals surface area contributed by atoms with Crippen molar-refractivity contribution in [1.82, 2.24) is 0 Å². The third-order valence-corrected chi connectivity index (χ3v) is 5.53. The van der Waals surface area contributed by atoms with Gasteiger partial charge in [-0.25, -0.2) is 0 Å². The molecule has 2 aromatic carbocycles. The maximum absolute atomic E-state index is 5.60.